The van der Waals surface area contributed by atoms with Gasteiger partial charge in [0.15, 0.2) is 11.9 Å². The number of phenols is 1. The Morgan fingerprint density at radius 1 is 1.06 bits per heavy atom. The van der Waals surface area contributed by atoms with Crippen LogP contribution in [-0.4, -0.2) is 34.8 Å². The Balaban J connectivity index is 1.79. The molecule has 0 amide bonds. The van der Waals surface area contributed by atoms with E-state index in [1.165, 1.54) is 12.1 Å². The molecule has 2 N–H and O–H groups in total. The number of ketones is 1. The fourth-order valence-electron chi connectivity index (χ4n) is 3.60. The van der Waals surface area contributed by atoms with Crippen molar-refractivity contribution in [3.63, 3.8) is 0 Å². The molecule has 0 bridgehead atoms. The number of benzene rings is 3. The normalized spacial score (nSPS) is 17.4. The van der Waals surface area contributed by atoms with E-state index in [4.69, 9.17) is 21.2 Å². The fourth-order valence-corrected chi connectivity index (χ4v) is 3.79. The molecule has 0 aromatic heterocycles. The lowest BCUT2D eigenvalue weighted by Crippen LogP contribution is -2.27. The molecule has 7 nitrogen and oxygen atoms in total. The number of Topliss-reactive ketones (excluding diaryl/α,β-unsaturated/α-hetero) is 1. The summed E-state index contributed by atoms with van der Waals surface area (Å²) >= 11 is 6.14. The van der Waals surface area contributed by atoms with Crippen LogP contribution < -0.4 is 4.74 Å². The minimum Gasteiger partial charge on any atom is -0.507 e. The van der Waals surface area contributed by atoms with Gasteiger partial charge in [-0.1, -0.05) is 41.0 Å². The van der Waals surface area contributed by atoms with Crippen molar-refractivity contribution in [2.24, 2.45) is 11.1 Å². The van der Waals surface area contributed by atoms with Gasteiger partial charge in [0, 0.05) is 16.1 Å². The van der Waals surface area contributed by atoms with Gasteiger partial charge in [0.05, 0.1) is 7.11 Å². The topological polar surface area (TPSA) is 105 Å². The highest BCUT2D eigenvalue weighted by molar-refractivity contribution is 6.31. The summed E-state index contributed by atoms with van der Waals surface area (Å²) in [5, 5.41) is 23.8. The van der Waals surface area contributed by atoms with E-state index in [9.17, 15) is 19.8 Å². The highest BCUT2D eigenvalue weighted by Gasteiger charge is 2.42. The maximum atomic E-state index is 13.6. The van der Waals surface area contributed by atoms with Crippen molar-refractivity contribution in [2.45, 2.75) is 6.10 Å². The van der Waals surface area contributed by atoms with Gasteiger partial charge in [-0.2, -0.15) is 0 Å². The molecule has 0 saturated heterocycles. The van der Waals surface area contributed by atoms with Crippen LogP contribution >= 0.6 is 11.6 Å². The second-order valence-corrected chi connectivity index (χ2v) is 7.60. The Morgan fingerprint density at radius 2 is 1.81 bits per heavy atom. The molecule has 0 aliphatic carbocycles. The summed E-state index contributed by atoms with van der Waals surface area (Å²) in [6, 6.07) is 17.7. The van der Waals surface area contributed by atoms with Crippen LogP contribution in [0.1, 0.15) is 37.9 Å². The van der Waals surface area contributed by atoms with Gasteiger partial charge in [-0.3, -0.25) is 4.79 Å². The molecule has 0 fully saturated rings. The van der Waals surface area contributed by atoms with Crippen molar-refractivity contribution >= 4 is 29.1 Å². The second kappa shape index (κ2) is 8.72. The summed E-state index contributed by atoms with van der Waals surface area (Å²) in [6.45, 7) is 0. The quantitative estimate of drug-likeness (QED) is 0.525. The zero-order valence-electron chi connectivity index (χ0n) is 16.9. The van der Waals surface area contributed by atoms with Crippen LogP contribution in [0.5, 0.6) is 11.5 Å². The molecule has 162 valence electrons. The van der Waals surface area contributed by atoms with E-state index in [1.807, 2.05) is 0 Å². The number of aromatic hydroxyl groups is 1. The van der Waals surface area contributed by atoms with E-state index < -0.39 is 29.5 Å². The lowest BCUT2D eigenvalue weighted by atomic mass is 9.83. The number of aromatic carboxylic acids is 1. The molecule has 0 saturated carbocycles. The van der Waals surface area contributed by atoms with E-state index >= 15 is 0 Å². The zero-order chi connectivity index (χ0) is 22.8. The van der Waals surface area contributed by atoms with E-state index in [2.05, 4.69) is 5.16 Å². The molecule has 1 aliphatic heterocycles. The van der Waals surface area contributed by atoms with Crippen LogP contribution in [0, 0.1) is 5.92 Å². The second-order valence-electron chi connectivity index (χ2n) is 7.17. The first-order chi connectivity index (χ1) is 15.4. The van der Waals surface area contributed by atoms with E-state index in [1.54, 1.807) is 55.6 Å². The van der Waals surface area contributed by atoms with Crippen LogP contribution in [0.3, 0.4) is 0 Å². The van der Waals surface area contributed by atoms with Crippen molar-refractivity contribution in [1.82, 2.24) is 0 Å². The molecule has 4 rings (SSSR count). The average molecular weight is 452 g/mol. The molecule has 1 aliphatic rings. The van der Waals surface area contributed by atoms with Crippen molar-refractivity contribution in [2.75, 3.05) is 7.11 Å². The van der Waals surface area contributed by atoms with Gasteiger partial charge < -0.3 is 19.8 Å². The van der Waals surface area contributed by atoms with Gasteiger partial charge in [-0.25, -0.2) is 4.79 Å². The number of carbonyl (C=O) groups excluding carboxylic acids is 1. The number of methoxy groups -OCH3 is 1. The summed E-state index contributed by atoms with van der Waals surface area (Å²) in [5.74, 6) is -2.38. The Kier molecular flexibility index (Phi) is 5.83. The Hall–Kier alpha value is -3.84. The van der Waals surface area contributed by atoms with Crippen molar-refractivity contribution in [1.29, 1.82) is 0 Å². The van der Waals surface area contributed by atoms with Gasteiger partial charge in [0.25, 0.3) is 0 Å². The summed E-state index contributed by atoms with van der Waals surface area (Å²) in [4.78, 5) is 30.8. The predicted molar refractivity (Wildman–Crippen MR) is 118 cm³/mol. The SMILES string of the molecule is COc1ccc(C2ON=C(c3cccc(Cl)c3)C2C(=O)c2ccc(O)c(C(=O)O)c2)cc1. The highest BCUT2D eigenvalue weighted by atomic mass is 35.5. The van der Waals surface area contributed by atoms with Gasteiger partial charge in [-0.05, 0) is 48.0 Å². The van der Waals surface area contributed by atoms with Crippen LogP contribution in [0.25, 0.3) is 0 Å². The Bertz CT molecular complexity index is 1220. The Morgan fingerprint density at radius 3 is 2.47 bits per heavy atom. The molecular formula is C24H18ClNO6. The monoisotopic (exact) mass is 451 g/mol. The molecule has 32 heavy (non-hydrogen) atoms. The first-order valence-corrected chi connectivity index (χ1v) is 10.0. The number of carboxylic acid groups (broad SMARTS) is 1. The zero-order valence-corrected chi connectivity index (χ0v) is 17.6. The fraction of sp³-hybridized carbons (Fsp3) is 0.125. The van der Waals surface area contributed by atoms with Gasteiger partial charge in [0.1, 0.15) is 28.7 Å². The van der Waals surface area contributed by atoms with E-state index in [0.717, 1.165) is 6.07 Å². The molecule has 0 spiro atoms. The molecule has 8 heteroatoms. The standard InChI is InChI=1S/C24H18ClNO6/c1-31-17-8-5-13(6-9-17)23-20(21(26-32-23)14-3-2-4-16(25)11-14)22(28)15-7-10-19(27)18(12-15)24(29)30/h2-12,20,23,27H,1H3,(H,29,30). The summed E-state index contributed by atoms with van der Waals surface area (Å²) < 4.78 is 5.20. The Labute approximate surface area is 188 Å². The largest absolute Gasteiger partial charge is 0.507 e. The highest BCUT2D eigenvalue weighted by Crippen LogP contribution is 2.38. The number of carboxylic acids is 1. The summed E-state index contributed by atoms with van der Waals surface area (Å²) in [6.07, 6.45) is -0.746. The number of nitrogens with zero attached hydrogens (tertiary/aromatic N) is 1. The van der Waals surface area contributed by atoms with Crippen molar-refractivity contribution in [3.05, 3.63) is 94.0 Å². The van der Waals surface area contributed by atoms with Crippen LogP contribution in [0.2, 0.25) is 5.02 Å². The van der Waals surface area contributed by atoms with Crippen molar-refractivity contribution in [3.8, 4) is 11.5 Å². The number of halogens is 1. The van der Waals surface area contributed by atoms with Crippen LogP contribution in [0.15, 0.2) is 71.9 Å². The molecular weight excluding hydrogens is 434 g/mol. The van der Waals surface area contributed by atoms with Crippen LogP contribution in [0.4, 0.5) is 0 Å². The number of oxime groups is 1. The molecule has 1 heterocycles. The number of hydrogen-bond acceptors (Lipinski definition) is 6. The van der Waals surface area contributed by atoms with Gasteiger partial charge in [0.2, 0.25) is 0 Å². The van der Waals surface area contributed by atoms with Crippen LogP contribution in [-0.2, 0) is 4.84 Å². The number of rotatable bonds is 6. The average Bonchev–Trinajstić information content (AvgIpc) is 3.24. The lowest BCUT2D eigenvalue weighted by molar-refractivity contribution is 0.0533. The first kappa shape index (κ1) is 21.4. The third-order valence-corrected chi connectivity index (χ3v) is 5.46. The molecule has 2 atom stereocenters. The van der Waals surface area contributed by atoms with Gasteiger partial charge in [-0.15, -0.1) is 0 Å². The maximum absolute atomic E-state index is 13.6. The molecule has 2 unspecified atom stereocenters. The number of hydrogen-bond donors (Lipinski definition) is 2. The number of ether oxygens (including phenoxy) is 1. The van der Waals surface area contributed by atoms with Gasteiger partial charge >= 0.3 is 5.97 Å². The maximum Gasteiger partial charge on any atom is 0.339 e. The molecule has 0 radical (unpaired) electrons. The smallest absolute Gasteiger partial charge is 0.339 e. The van der Waals surface area contributed by atoms with E-state index in [0.29, 0.717) is 27.6 Å². The predicted octanol–water partition coefficient (Wildman–Crippen LogP) is 4.73. The third kappa shape index (κ3) is 4.02. The summed E-state index contributed by atoms with van der Waals surface area (Å²) in [5.41, 5.74) is 1.44. The molecule has 3 aromatic carbocycles. The van der Waals surface area contributed by atoms with Crippen molar-refractivity contribution < 1.29 is 29.4 Å². The number of carbonyl (C=O) groups is 2. The molecule has 3 aromatic rings. The first-order valence-electron chi connectivity index (χ1n) is 9.63. The van der Waals surface area contributed by atoms with E-state index in [-0.39, 0.29) is 11.1 Å². The minimum atomic E-state index is -1.34. The minimum absolute atomic E-state index is 0.115. The lowest BCUT2D eigenvalue weighted by Gasteiger charge is -2.19. The third-order valence-electron chi connectivity index (χ3n) is 5.22. The summed E-state index contributed by atoms with van der Waals surface area (Å²) in [7, 11) is 1.55.